The van der Waals surface area contributed by atoms with Crippen molar-refractivity contribution in [2.24, 2.45) is 5.92 Å². The van der Waals surface area contributed by atoms with Gasteiger partial charge in [-0.05, 0) is 30.9 Å². The van der Waals surface area contributed by atoms with Crippen molar-refractivity contribution in [3.8, 4) is 0 Å². The van der Waals surface area contributed by atoms with Gasteiger partial charge < -0.3 is 15.4 Å². The molecule has 0 spiro atoms. The van der Waals surface area contributed by atoms with Crippen LogP contribution in [0.15, 0.2) is 18.2 Å². The molecule has 136 valence electrons. The number of benzene rings is 1. The molecule has 0 aromatic heterocycles. The maximum absolute atomic E-state index is 13.1. The summed E-state index contributed by atoms with van der Waals surface area (Å²) in [6.45, 7) is 0.695. The first-order valence-electron chi connectivity index (χ1n) is 8.05. The van der Waals surface area contributed by atoms with Crippen molar-refractivity contribution >= 4 is 23.5 Å². The second-order valence-corrected chi connectivity index (χ2v) is 6.04. The maximum Gasteiger partial charge on any atom is 0.329 e. The summed E-state index contributed by atoms with van der Waals surface area (Å²) >= 11 is 0. The van der Waals surface area contributed by atoms with E-state index in [9.17, 15) is 23.2 Å². The van der Waals surface area contributed by atoms with E-state index in [1.807, 2.05) is 0 Å². The number of carbonyl (C=O) groups is 3. The molecule has 1 aromatic carbocycles. The molecular formula is C17H20F2N2O4. The maximum atomic E-state index is 13.1. The molecular weight excluding hydrogens is 334 g/mol. The Bertz CT molecular complexity index is 640. The predicted molar refractivity (Wildman–Crippen MR) is 85.5 cm³/mol. The Labute approximate surface area is 143 Å². The molecule has 2 amide bonds. The Morgan fingerprint density at radius 2 is 1.76 bits per heavy atom. The highest BCUT2D eigenvalue weighted by molar-refractivity contribution is 5.93. The zero-order valence-corrected chi connectivity index (χ0v) is 13.8. The number of halogens is 2. The van der Waals surface area contributed by atoms with E-state index in [1.165, 1.54) is 6.92 Å². The van der Waals surface area contributed by atoms with E-state index in [1.54, 1.807) is 0 Å². The van der Waals surface area contributed by atoms with Crippen LogP contribution in [0.25, 0.3) is 0 Å². The molecule has 0 bridgehead atoms. The van der Waals surface area contributed by atoms with Crippen LogP contribution >= 0.6 is 0 Å². The van der Waals surface area contributed by atoms with Gasteiger partial charge in [-0.2, -0.15) is 0 Å². The Balaban J connectivity index is 1.89. The minimum Gasteiger partial charge on any atom is -0.454 e. The van der Waals surface area contributed by atoms with Gasteiger partial charge in [0.2, 0.25) is 5.91 Å². The molecule has 1 unspecified atom stereocenters. The number of nitrogens with one attached hydrogen (secondary N) is 2. The molecule has 8 heteroatoms. The molecule has 0 heterocycles. The summed E-state index contributed by atoms with van der Waals surface area (Å²) in [5.41, 5.74) is -0.0762. The van der Waals surface area contributed by atoms with E-state index in [4.69, 9.17) is 4.74 Å². The fraction of sp³-hybridized carbons (Fsp3) is 0.471. The molecule has 0 saturated heterocycles. The molecule has 2 N–H and O–H groups in total. The SMILES string of the molecule is CC(=O)NC(C(=O)OCC(=O)Nc1cc(F)cc(F)c1)C1CCCC1. The van der Waals surface area contributed by atoms with Crippen LogP contribution in [-0.2, 0) is 19.1 Å². The summed E-state index contributed by atoms with van der Waals surface area (Å²) in [6, 6.07) is 1.78. The monoisotopic (exact) mass is 354 g/mol. The Kier molecular flexibility index (Phi) is 6.44. The second kappa shape index (κ2) is 8.55. The number of esters is 1. The highest BCUT2D eigenvalue weighted by Gasteiger charge is 2.32. The largest absolute Gasteiger partial charge is 0.454 e. The van der Waals surface area contributed by atoms with E-state index in [0.29, 0.717) is 6.07 Å². The first kappa shape index (κ1) is 18.8. The number of hydrogen-bond donors (Lipinski definition) is 2. The molecule has 1 fully saturated rings. The number of amides is 2. The number of carbonyl (C=O) groups excluding carboxylic acids is 3. The molecule has 1 aliphatic rings. The third kappa shape index (κ3) is 5.81. The van der Waals surface area contributed by atoms with Crippen molar-refractivity contribution in [2.75, 3.05) is 11.9 Å². The van der Waals surface area contributed by atoms with E-state index >= 15 is 0 Å². The van der Waals surface area contributed by atoms with E-state index in [0.717, 1.165) is 37.8 Å². The normalized spacial score (nSPS) is 15.5. The topological polar surface area (TPSA) is 84.5 Å². The van der Waals surface area contributed by atoms with Crippen LogP contribution in [0.4, 0.5) is 14.5 Å². The number of anilines is 1. The third-order valence-electron chi connectivity index (χ3n) is 3.98. The van der Waals surface area contributed by atoms with Gasteiger partial charge in [-0.1, -0.05) is 12.8 Å². The van der Waals surface area contributed by atoms with Crippen molar-refractivity contribution in [1.82, 2.24) is 5.32 Å². The number of ether oxygens (including phenoxy) is 1. The standard InChI is InChI=1S/C17H20F2N2O4/c1-10(22)20-16(11-4-2-3-5-11)17(24)25-9-15(23)21-14-7-12(18)6-13(19)8-14/h6-8,11,16H,2-5,9H2,1H3,(H,20,22)(H,21,23). The Hall–Kier alpha value is -2.51. The second-order valence-electron chi connectivity index (χ2n) is 6.04. The van der Waals surface area contributed by atoms with Crippen molar-refractivity contribution in [2.45, 2.75) is 38.6 Å². The van der Waals surface area contributed by atoms with Gasteiger partial charge in [0.15, 0.2) is 6.61 Å². The summed E-state index contributed by atoms with van der Waals surface area (Å²) < 4.78 is 31.1. The lowest BCUT2D eigenvalue weighted by Crippen LogP contribution is -2.46. The lowest BCUT2D eigenvalue weighted by molar-refractivity contribution is -0.152. The van der Waals surface area contributed by atoms with Gasteiger partial charge in [0, 0.05) is 18.7 Å². The third-order valence-corrected chi connectivity index (χ3v) is 3.98. The van der Waals surface area contributed by atoms with Crippen LogP contribution in [-0.4, -0.2) is 30.4 Å². The molecule has 1 atom stereocenters. The van der Waals surface area contributed by atoms with Gasteiger partial charge in [0.05, 0.1) is 0 Å². The molecule has 1 aromatic rings. The van der Waals surface area contributed by atoms with Crippen LogP contribution in [0.1, 0.15) is 32.6 Å². The van der Waals surface area contributed by atoms with Crippen molar-refractivity contribution in [1.29, 1.82) is 0 Å². The van der Waals surface area contributed by atoms with Crippen molar-refractivity contribution in [3.05, 3.63) is 29.8 Å². The van der Waals surface area contributed by atoms with Gasteiger partial charge in [-0.15, -0.1) is 0 Å². The number of rotatable bonds is 6. The van der Waals surface area contributed by atoms with Gasteiger partial charge in [0.25, 0.3) is 5.91 Å². The first-order valence-corrected chi connectivity index (χ1v) is 8.05. The van der Waals surface area contributed by atoms with Crippen LogP contribution in [0.3, 0.4) is 0 Å². The summed E-state index contributed by atoms with van der Waals surface area (Å²) in [6.07, 6.45) is 3.54. The van der Waals surface area contributed by atoms with Crippen LogP contribution in [0, 0.1) is 17.6 Å². The minimum atomic E-state index is -0.834. The fourth-order valence-electron chi connectivity index (χ4n) is 2.93. The van der Waals surface area contributed by atoms with Crippen LogP contribution in [0.2, 0.25) is 0 Å². The lowest BCUT2D eigenvalue weighted by atomic mass is 9.98. The number of hydrogen-bond acceptors (Lipinski definition) is 4. The highest BCUT2D eigenvalue weighted by atomic mass is 19.1. The van der Waals surface area contributed by atoms with Gasteiger partial charge >= 0.3 is 5.97 Å². The van der Waals surface area contributed by atoms with Crippen LogP contribution in [0.5, 0.6) is 0 Å². The fourth-order valence-corrected chi connectivity index (χ4v) is 2.93. The Morgan fingerprint density at radius 3 is 2.32 bits per heavy atom. The van der Waals surface area contributed by atoms with Crippen molar-refractivity contribution in [3.63, 3.8) is 0 Å². The molecule has 6 nitrogen and oxygen atoms in total. The average Bonchev–Trinajstić information content (AvgIpc) is 3.03. The van der Waals surface area contributed by atoms with Crippen LogP contribution < -0.4 is 10.6 Å². The van der Waals surface area contributed by atoms with E-state index in [-0.39, 0.29) is 17.5 Å². The van der Waals surface area contributed by atoms with E-state index in [2.05, 4.69) is 10.6 Å². The molecule has 1 saturated carbocycles. The summed E-state index contributed by atoms with van der Waals surface area (Å²) in [5, 5.41) is 4.81. The zero-order chi connectivity index (χ0) is 18.4. The van der Waals surface area contributed by atoms with E-state index < -0.39 is 36.2 Å². The van der Waals surface area contributed by atoms with Crippen molar-refractivity contribution < 1.29 is 27.9 Å². The zero-order valence-electron chi connectivity index (χ0n) is 13.8. The molecule has 1 aliphatic carbocycles. The molecule has 0 radical (unpaired) electrons. The molecule has 2 rings (SSSR count). The molecule has 25 heavy (non-hydrogen) atoms. The minimum absolute atomic E-state index is 0.0169. The first-order chi connectivity index (χ1) is 11.8. The average molecular weight is 354 g/mol. The summed E-state index contributed by atoms with van der Waals surface area (Å²) in [5.74, 6) is -3.46. The lowest BCUT2D eigenvalue weighted by Gasteiger charge is -2.22. The highest BCUT2D eigenvalue weighted by Crippen LogP contribution is 2.28. The van der Waals surface area contributed by atoms with Gasteiger partial charge in [-0.3, -0.25) is 9.59 Å². The van der Waals surface area contributed by atoms with Gasteiger partial charge in [0.1, 0.15) is 17.7 Å². The summed E-state index contributed by atoms with van der Waals surface area (Å²) in [7, 11) is 0. The summed E-state index contributed by atoms with van der Waals surface area (Å²) in [4.78, 5) is 35.3. The molecule has 0 aliphatic heterocycles. The predicted octanol–water partition coefficient (Wildman–Crippen LogP) is 2.14. The quantitative estimate of drug-likeness (QED) is 0.767. The smallest absolute Gasteiger partial charge is 0.329 e. The van der Waals surface area contributed by atoms with Gasteiger partial charge in [-0.25, -0.2) is 13.6 Å². The Morgan fingerprint density at radius 1 is 1.16 bits per heavy atom.